The standard InChI is InChI=1S/C14H16BrNO2/c1-2-7-18-14(17)16-9-12(10-16)8-11-3-5-13(15)6-4-11/h2-6,12H,1,7-10H2. The lowest BCUT2D eigenvalue weighted by molar-refractivity contribution is 0.0604. The highest BCUT2D eigenvalue weighted by Gasteiger charge is 2.31. The molecule has 1 fully saturated rings. The van der Waals surface area contributed by atoms with Crippen LogP contribution in [0.4, 0.5) is 4.79 Å². The average Bonchev–Trinajstić information content (AvgIpc) is 2.32. The lowest BCUT2D eigenvalue weighted by atomic mass is 9.93. The summed E-state index contributed by atoms with van der Waals surface area (Å²) in [4.78, 5) is 13.2. The van der Waals surface area contributed by atoms with Gasteiger partial charge in [0.05, 0.1) is 0 Å². The van der Waals surface area contributed by atoms with Gasteiger partial charge in [-0.25, -0.2) is 4.79 Å². The van der Waals surface area contributed by atoms with Crippen molar-refractivity contribution in [2.75, 3.05) is 19.7 Å². The fourth-order valence-electron chi connectivity index (χ4n) is 2.02. The Bertz CT molecular complexity index is 424. The maximum Gasteiger partial charge on any atom is 0.410 e. The number of rotatable bonds is 4. The van der Waals surface area contributed by atoms with E-state index in [2.05, 4.69) is 34.6 Å². The predicted molar refractivity (Wildman–Crippen MR) is 74.5 cm³/mol. The van der Waals surface area contributed by atoms with Crippen molar-refractivity contribution in [3.8, 4) is 0 Å². The van der Waals surface area contributed by atoms with Gasteiger partial charge in [-0.3, -0.25) is 0 Å². The highest BCUT2D eigenvalue weighted by molar-refractivity contribution is 9.10. The molecule has 0 saturated carbocycles. The Morgan fingerprint density at radius 1 is 1.44 bits per heavy atom. The summed E-state index contributed by atoms with van der Waals surface area (Å²) >= 11 is 3.42. The number of likely N-dealkylation sites (tertiary alicyclic amines) is 1. The minimum Gasteiger partial charge on any atom is -0.445 e. The summed E-state index contributed by atoms with van der Waals surface area (Å²) in [6.07, 6.45) is 2.36. The molecule has 0 aromatic heterocycles. The predicted octanol–water partition coefficient (Wildman–Crippen LogP) is 3.25. The van der Waals surface area contributed by atoms with E-state index in [0.717, 1.165) is 24.0 Å². The first-order chi connectivity index (χ1) is 8.69. The van der Waals surface area contributed by atoms with Crippen molar-refractivity contribution < 1.29 is 9.53 Å². The molecule has 1 aromatic rings. The van der Waals surface area contributed by atoms with Gasteiger partial charge in [-0.1, -0.05) is 40.7 Å². The molecule has 3 nitrogen and oxygen atoms in total. The smallest absolute Gasteiger partial charge is 0.410 e. The van der Waals surface area contributed by atoms with Crippen LogP contribution in [0.5, 0.6) is 0 Å². The van der Waals surface area contributed by atoms with Crippen LogP contribution in [0.25, 0.3) is 0 Å². The summed E-state index contributed by atoms with van der Waals surface area (Å²) in [5, 5.41) is 0. The van der Waals surface area contributed by atoms with Crippen LogP contribution in [0.1, 0.15) is 5.56 Å². The lowest BCUT2D eigenvalue weighted by Crippen LogP contribution is -2.50. The molecular formula is C14H16BrNO2. The zero-order valence-corrected chi connectivity index (χ0v) is 11.7. The molecule has 0 atom stereocenters. The van der Waals surface area contributed by atoms with Gasteiger partial charge in [-0.05, 0) is 30.0 Å². The van der Waals surface area contributed by atoms with Crippen molar-refractivity contribution in [3.63, 3.8) is 0 Å². The first-order valence-corrected chi connectivity index (χ1v) is 6.75. The number of benzene rings is 1. The SMILES string of the molecule is C=CCOC(=O)N1CC(Cc2ccc(Br)cc2)C1. The Balaban J connectivity index is 1.74. The van der Waals surface area contributed by atoms with Crippen LogP contribution in [0.15, 0.2) is 41.4 Å². The van der Waals surface area contributed by atoms with Gasteiger partial charge in [0, 0.05) is 17.6 Å². The van der Waals surface area contributed by atoms with Gasteiger partial charge in [-0.2, -0.15) is 0 Å². The molecule has 0 bridgehead atoms. The zero-order valence-electron chi connectivity index (χ0n) is 10.1. The van der Waals surface area contributed by atoms with Crippen LogP contribution >= 0.6 is 15.9 Å². The molecule has 1 aliphatic heterocycles. The Morgan fingerprint density at radius 3 is 2.72 bits per heavy atom. The second-order valence-corrected chi connectivity index (χ2v) is 5.38. The van der Waals surface area contributed by atoms with Crippen molar-refractivity contribution in [2.24, 2.45) is 5.92 Å². The molecule has 1 heterocycles. The van der Waals surface area contributed by atoms with Crippen molar-refractivity contribution in [1.82, 2.24) is 4.90 Å². The zero-order chi connectivity index (χ0) is 13.0. The number of hydrogen-bond donors (Lipinski definition) is 0. The molecule has 0 unspecified atom stereocenters. The average molecular weight is 310 g/mol. The minimum atomic E-state index is -0.234. The number of nitrogens with zero attached hydrogens (tertiary/aromatic N) is 1. The van der Waals surface area contributed by atoms with Crippen LogP contribution in [0.3, 0.4) is 0 Å². The number of hydrogen-bond acceptors (Lipinski definition) is 2. The molecule has 0 radical (unpaired) electrons. The molecule has 0 N–H and O–H groups in total. The third-order valence-electron chi connectivity index (χ3n) is 2.98. The molecule has 4 heteroatoms. The maximum atomic E-state index is 11.5. The van der Waals surface area contributed by atoms with E-state index in [1.807, 2.05) is 12.1 Å². The Morgan fingerprint density at radius 2 is 2.11 bits per heavy atom. The van der Waals surface area contributed by atoms with Crippen molar-refractivity contribution in [3.05, 3.63) is 47.0 Å². The van der Waals surface area contributed by atoms with Crippen molar-refractivity contribution >= 4 is 22.0 Å². The van der Waals surface area contributed by atoms with Gasteiger partial charge in [0.25, 0.3) is 0 Å². The summed E-state index contributed by atoms with van der Waals surface area (Å²) < 4.78 is 6.06. The van der Waals surface area contributed by atoms with Gasteiger partial charge < -0.3 is 9.64 Å². The van der Waals surface area contributed by atoms with E-state index in [4.69, 9.17) is 4.74 Å². The first-order valence-electron chi connectivity index (χ1n) is 5.96. The summed E-state index contributed by atoms with van der Waals surface area (Å²) in [5.41, 5.74) is 1.31. The molecule has 1 aromatic carbocycles. The van der Waals surface area contributed by atoms with E-state index in [0.29, 0.717) is 5.92 Å². The molecule has 1 amide bonds. The number of carbonyl (C=O) groups excluding carboxylic acids is 1. The van der Waals surface area contributed by atoms with Crippen LogP contribution in [0.2, 0.25) is 0 Å². The Labute approximate surface area is 116 Å². The molecule has 0 aliphatic carbocycles. The van der Waals surface area contributed by atoms with Gasteiger partial charge in [0.2, 0.25) is 0 Å². The monoisotopic (exact) mass is 309 g/mol. The third-order valence-corrected chi connectivity index (χ3v) is 3.51. The molecule has 2 rings (SSSR count). The minimum absolute atomic E-state index is 0.234. The summed E-state index contributed by atoms with van der Waals surface area (Å²) in [6.45, 7) is 5.37. The maximum absolute atomic E-state index is 11.5. The summed E-state index contributed by atoms with van der Waals surface area (Å²) in [5.74, 6) is 0.544. The van der Waals surface area contributed by atoms with Crippen LogP contribution in [0, 0.1) is 5.92 Å². The van der Waals surface area contributed by atoms with Crippen molar-refractivity contribution in [1.29, 1.82) is 0 Å². The normalized spacial score (nSPS) is 15.1. The van der Waals surface area contributed by atoms with Crippen LogP contribution in [-0.4, -0.2) is 30.7 Å². The van der Waals surface area contributed by atoms with E-state index in [-0.39, 0.29) is 12.7 Å². The Hall–Kier alpha value is -1.29. The van der Waals surface area contributed by atoms with E-state index < -0.39 is 0 Å². The number of halogens is 1. The highest BCUT2D eigenvalue weighted by Crippen LogP contribution is 2.22. The van der Waals surface area contributed by atoms with Crippen LogP contribution in [-0.2, 0) is 11.2 Å². The van der Waals surface area contributed by atoms with Gasteiger partial charge in [0.1, 0.15) is 6.61 Å². The second kappa shape index (κ2) is 6.05. The highest BCUT2D eigenvalue weighted by atomic mass is 79.9. The molecule has 1 saturated heterocycles. The molecule has 96 valence electrons. The second-order valence-electron chi connectivity index (χ2n) is 4.47. The number of amides is 1. The summed E-state index contributed by atoms with van der Waals surface area (Å²) in [6, 6.07) is 8.32. The Kier molecular flexibility index (Phi) is 4.42. The quantitative estimate of drug-likeness (QED) is 0.799. The van der Waals surface area contributed by atoms with E-state index >= 15 is 0 Å². The fraction of sp³-hybridized carbons (Fsp3) is 0.357. The van der Waals surface area contributed by atoms with Crippen LogP contribution < -0.4 is 0 Å². The largest absolute Gasteiger partial charge is 0.445 e. The molecule has 0 spiro atoms. The van der Waals surface area contributed by atoms with Gasteiger partial charge in [-0.15, -0.1) is 0 Å². The molecule has 1 aliphatic rings. The fourth-order valence-corrected chi connectivity index (χ4v) is 2.29. The van der Waals surface area contributed by atoms with Gasteiger partial charge in [0.15, 0.2) is 0 Å². The topological polar surface area (TPSA) is 29.5 Å². The van der Waals surface area contributed by atoms with Crippen molar-refractivity contribution in [2.45, 2.75) is 6.42 Å². The number of carbonyl (C=O) groups is 1. The molecular weight excluding hydrogens is 294 g/mol. The van der Waals surface area contributed by atoms with E-state index in [9.17, 15) is 4.79 Å². The summed E-state index contributed by atoms with van der Waals surface area (Å²) in [7, 11) is 0. The first kappa shape index (κ1) is 13.1. The molecule has 18 heavy (non-hydrogen) atoms. The van der Waals surface area contributed by atoms with Gasteiger partial charge >= 0.3 is 6.09 Å². The van der Waals surface area contributed by atoms with E-state index in [1.54, 1.807) is 11.0 Å². The third kappa shape index (κ3) is 3.35. The lowest BCUT2D eigenvalue weighted by Gasteiger charge is -2.38. The number of ether oxygens (including phenoxy) is 1. The van der Waals surface area contributed by atoms with E-state index in [1.165, 1.54) is 5.56 Å².